The number of hydrogen-bond donors (Lipinski definition) is 1. The number of ether oxygens (including phenoxy) is 1. The Morgan fingerprint density at radius 1 is 1.24 bits per heavy atom. The first-order chi connectivity index (χ1) is 9.89. The van der Waals surface area contributed by atoms with Crippen LogP contribution in [0.25, 0.3) is 0 Å². The predicted octanol–water partition coefficient (Wildman–Crippen LogP) is 2.03. The molecule has 2 fully saturated rings. The third kappa shape index (κ3) is 4.61. The minimum atomic E-state index is -0.440. The molecule has 2 atom stereocenters. The maximum atomic E-state index is 11.8. The first-order valence-corrected chi connectivity index (χ1v) is 8.06. The summed E-state index contributed by atoms with van der Waals surface area (Å²) in [5.74, 6) is 2.20. The molecule has 5 heteroatoms. The Hall–Kier alpha value is -1.26. The summed E-state index contributed by atoms with van der Waals surface area (Å²) in [6.45, 7) is 7.95. The van der Waals surface area contributed by atoms with Crippen molar-refractivity contribution in [2.24, 2.45) is 16.8 Å². The molecule has 0 bridgehead atoms. The third-order valence-corrected chi connectivity index (χ3v) is 4.30. The molecular weight excluding hydrogens is 266 g/mol. The second kappa shape index (κ2) is 6.67. The van der Waals surface area contributed by atoms with Crippen molar-refractivity contribution in [1.82, 2.24) is 10.2 Å². The van der Waals surface area contributed by atoms with Gasteiger partial charge in [0.2, 0.25) is 0 Å². The van der Waals surface area contributed by atoms with Crippen molar-refractivity contribution in [3.05, 3.63) is 0 Å². The lowest BCUT2D eigenvalue weighted by molar-refractivity contribution is -0.153. The molecule has 1 N–H and O–H groups in total. The summed E-state index contributed by atoms with van der Waals surface area (Å²) in [5.41, 5.74) is -0.440. The zero-order valence-corrected chi connectivity index (χ0v) is 13.8. The van der Waals surface area contributed by atoms with E-state index in [0.717, 1.165) is 30.9 Å². The van der Waals surface area contributed by atoms with Gasteiger partial charge in [0.25, 0.3) is 0 Å². The molecule has 120 valence electrons. The summed E-state index contributed by atoms with van der Waals surface area (Å²) in [6.07, 6.45) is 5.40. The van der Waals surface area contributed by atoms with Gasteiger partial charge in [-0.05, 0) is 45.4 Å². The van der Waals surface area contributed by atoms with Gasteiger partial charge < -0.3 is 15.0 Å². The number of rotatable bonds is 2. The lowest BCUT2D eigenvalue weighted by Crippen LogP contribution is -2.43. The fraction of sp³-hybridized carbons (Fsp3) is 0.875. The van der Waals surface area contributed by atoms with Gasteiger partial charge in [-0.25, -0.2) is 0 Å². The average molecular weight is 295 g/mol. The number of carbonyl (C=O) groups is 1. The van der Waals surface area contributed by atoms with Crippen molar-refractivity contribution in [1.29, 1.82) is 0 Å². The quantitative estimate of drug-likeness (QED) is 0.481. The molecule has 0 aromatic carbocycles. The molecule has 0 radical (unpaired) electrons. The molecule has 1 saturated carbocycles. The molecule has 0 aromatic heterocycles. The predicted molar refractivity (Wildman–Crippen MR) is 84.2 cm³/mol. The van der Waals surface area contributed by atoms with Crippen LogP contribution in [0.1, 0.15) is 46.5 Å². The van der Waals surface area contributed by atoms with E-state index in [0.29, 0.717) is 0 Å². The van der Waals surface area contributed by atoms with Crippen LogP contribution in [-0.2, 0) is 9.53 Å². The summed E-state index contributed by atoms with van der Waals surface area (Å²) in [6, 6.07) is 0. The molecule has 1 heterocycles. The Labute approximate surface area is 128 Å². The Balaban J connectivity index is 1.83. The van der Waals surface area contributed by atoms with Crippen LogP contribution < -0.4 is 5.32 Å². The van der Waals surface area contributed by atoms with Gasteiger partial charge in [0.05, 0.1) is 0 Å². The second-order valence-electron chi connectivity index (χ2n) is 7.20. The van der Waals surface area contributed by atoms with Crippen molar-refractivity contribution in [3.8, 4) is 0 Å². The normalized spacial score (nSPS) is 26.5. The van der Waals surface area contributed by atoms with E-state index in [9.17, 15) is 4.79 Å². The Morgan fingerprint density at radius 2 is 1.81 bits per heavy atom. The van der Waals surface area contributed by atoms with E-state index in [4.69, 9.17) is 4.74 Å². The molecular formula is C16H29N3O2. The number of guanidine groups is 1. The van der Waals surface area contributed by atoms with Gasteiger partial charge in [-0.3, -0.25) is 9.79 Å². The van der Waals surface area contributed by atoms with Gasteiger partial charge in [0.1, 0.15) is 12.1 Å². The average Bonchev–Trinajstić information content (AvgIpc) is 2.80. The van der Waals surface area contributed by atoms with Crippen LogP contribution in [0.4, 0.5) is 0 Å². The number of nitrogens with zero attached hydrogens (tertiary/aromatic N) is 2. The van der Waals surface area contributed by atoms with Gasteiger partial charge in [0, 0.05) is 20.1 Å². The largest absolute Gasteiger partial charge is 0.459 e. The van der Waals surface area contributed by atoms with E-state index < -0.39 is 5.60 Å². The summed E-state index contributed by atoms with van der Waals surface area (Å²) in [4.78, 5) is 18.4. The lowest BCUT2D eigenvalue weighted by Gasteiger charge is -2.23. The molecule has 21 heavy (non-hydrogen) atoms. The van der Waals surface area contributed by atoms with Crippen LogP contribution in [-0.4, -0.2) is 49.1 Å². The summed E-state index contributed by atoms with van der Waals surface area (Å²) >= 11 is 0. The SMILES string of the molecule is CN=C(NCC(=O)OC(C)(C)C)N1CC2CCCCC2C1. The van der Waals surface area contributed by atoms with Crippen LogP contribution in [0, 0.1) is 11.8 Å². The molecule has 0 aromatic rings. The smallest absolute Gasteiger partial charge is 0.325 e. The molecule has 1 saturated heterocycles. The highest BCUT2D eigenvalue weighted by Crippen LogP contribution is 2.35. The molecule has 5 nitrogen and oxygen atoms in total. The van der Waals surface area contributed by atoms with Crippen molar-refractivity contribution in [2.75, 3.05) is 26.7 Å². The first-order valence-electron chi connectivity index (χ1n) is 8.06. The summed E-state index contributed by atoms with van der Waals surface area (Å²) < 4.78 is 5.31. The zero-order valence-electron chi connectivity index (χ0n) is 13.8. The second-order valence-corrected chi connectivity index (χ2v) is 7.20. The number of fused-ring (bicyclic) bond motifs is 1. The Bertz CT molecular complexity index is 387. The summed E-state index contributed by atoms with van der Waals surface area (Å²) in [7, 11) is 1.78. The van der Waals surface area contributed by atoms with E-state index in [1.165, 1.54) is 25.7 Å². The standard InChI is InChI=1S/C16H29N3O2/c1-16(2,3)21-14(20)9-18-15(17-4)19-10-12-7-5-6-8-13(12)11-19/h12-13H,5-11H2,1-4H3,(H,17,18). The monoisotopic (exact) mass is 295 g/mol. The highest BCUT2D eigenvalue weighted by Gasteiger charge is 2.35. The number of aliphatic imine (C=N–C) groups is 1. The van der Waals surface area contributed by atoms with Crippen LogP contribution in [0.5, 0.6) is 0 Å². The topological polar surface area (TPSA) is 53.9 Å². The van der Waals surface area contributed by atoms with Crippen LogP contribution in [0.15, 0.2) is 4.99 Å². The number of likely N-dealkylation sites (tertiary alicyclic amines) is 1. The fourth-order valence-electron chi connectivity index (χ4n) is 3.44. The van der Waals surface area contributed by atoms with Crippen LogP contribution >= 0.6 is 0 Å². The zero-order chi connectivity index (χ0) is 15.5. The maximum Gasteiger partial charge on any atom is 0.325 e. The molecule has 2 aliphatic rings. The Kier molecular flexibility index (Phi) is 5.12. The number of esters is 1. The van der Waals surface area contributed by atoms with E-state index in [1.807, 2.05) is 20.8 Å². The molecule has 2 unspecified atom stereocenters. The minimum absolute atomic E-state index is 0.176. The van der Waals surface area contributed by atoms with Crippen molar-refractivity contribution >= 4 is 11.9 Å². The Morgan fingerprint density at radius 3 is 2.29 bits per heavy atom. The molecule has 0 spiro atoms. The van der Waals surface area contributed by atoms with Gasteiger partial charge >= 0.3 is 5.97 Å². The maximum absolute atomic E-state index is 11.8. The van der Waals surface area contributed by atoms with Crippen LogP contribution in [0.3, 0.4) is 0 Å². The fourth-order valence-corrected chi connectivity index (χ4v) is 3.44. The number of carbonyl (C=O) groups excluding carboxylic acids is 1. The highest BCUT2D eigenvalue weighted by molar-refractivity contribution is 5.84. The first kappa shape index (κ1) is 16.1. The third-order valence-electron chi connectivity index (χ3n) is 4.30. The molecule has 0 amide bonds. The minimum Gasteiger partial charge on any atom is -0.459 e. The molecule has 1 aliphatic carbocycles. The van der Waals surface area contributed by atoms with Gasteiger partial charge in [-0.2, -0.15) is 0 Å². The van der Waals surface area contributed by atoms with E-state index in [2.05, 4.69) is 15.2 Å². The molecule has 2 rings (SSSR count). The van der Waals surface area contributed by atoms with Crippen molar-refractivity contribution in [3.63, 3.8) is 0 Å². The van der Waals surface area contributed by atoms with E-state index >= 15 is 0 Å². The lowest BCUT2D eigenvalue weighted by atomic mass is 9.82. The van der Waals surface area contributed by atoms with E-state index in [1.54, 1.807) is 7.05 Å². The highest BCUT2D eigenvalue weighted by atomic mass is 16.6. The van der Waals surface area contributed by atoms with Crippen molar-refractivity contribution < 1.29 is 9.53 Å². The van der Waals surface area contributed by atoms with E-state index in [-0.39, 0.29) is 12.5 Å². The van der Waals surface area contributed by atoms with Crippen LogP contribution in [0.2, 0.25) is 0 Å². The van der Waals surface area contributed by atoms with Gasteiger partial charge in [-0.15, -0.1) is 0 Å². The summed E-state index contributed by atoms with van der Waals surface area (Å²) in [5, 5.41) is 3.14. The van der Waals surface area contributed by atoms with Crippen molar-refractivity contribution in [2.45, 2.75) is 52.1 Å². The van der Waals surface area contributed by atoms with Gasteiger partial charge in [0.15, 0.2) is 5.96 Å². The number of hydrogen-bond acceptors (Lipinski definition) is 3. The number of nitrogens with one attached hydrogen (secondary N) is 1. The molecule has 1 aliphatic heterocycles. The van der Waals surface area contributed by atoms with Gasteiger partial charge in [-0.1, -0.05) is 12.8 Å².